The predicted molar refractivity (Wildman–Crippen MR) is 65.2 cm³/mol. The third-order valence-electron chi connectivity index (χ3n) is 2.36. The second-order valence-electron chi connectivity index (χ2n) is 4.17. The van der Waals surface area contributed by atoms with E-state index >= 15 is 0 Å². The van der Waals surface area contributed by atoms with Gasteiger partial charge in [-0.15, -0.1) is 11.3 Å². The van der Waals surface area contributed by atoms with Crippen molar-refractivity contribution in [2.24, 2.45) is 5.92 Å². The third kappa shape index (κ3) is 4.14. The molecule has 0 saturated carbocycles. The minimum absolute atomic E-state index is 0.0683. The Morgan fingerprint density at radius 2 is 2.18 bits per heavy atom. The molecule has 0 saturated heterocycles. The van der Waals surface area contributed by atoms with Crippen molar-refractivity contribution in [1.29, 1.82) is 0 Å². The van der Waals surface area contributed by atoms with Crippen LogP contribution in [0.1, 0.15) is 34.9 Å². The number of hydrogen-bond donors (Lipinski definition) is 2. The van der Waals surface area contributed by atoms with Gasteiger partial charge in [0.25, 0.3) is 5.91 Å². The molecule has 0 aliphatic rings. The number of nitrogens with zero attached hydrogens (tertiary/aromatic N) is 1. The van der Waals surface area contributed by atoms with Crippen LogP contribution in [0, 0.1) is 12.8 Å². The van der Waals surface area contributed by atoms with E-state index in [1.807, 2.05) is 20.8 Å². The normalized spacial score (nSPS) is 12.5. The van der Waals surface area contributed by atoms with Crippen LogP contribution in [-0.2, 0) is 4.79 Å². The first-order chi connectivity index (χ1) is 7.90. The van der Waals surface area contributed by atoms with E-state index in [1.165, 1.54) is 17.5 Å². The summed E-state index contributed by atoms with van der Waals surface area (Å²) in [5.41, 5.74) is 0. The maximum absolute atomic E-state index is 11.8. The monoisotopic (exact) mass is 256 g/mol. The van der Waals surface area contributed by atoms with Gasteiger partial charge in [-0.2, -0.15) is 0 Å². The highest BCUT2D eigenvalue weighted by molar-refractivity contribution is 7.13. The second-order valence-corrected chi connectivity index (χ2v) is 5.40. The van der Waals surface area contributed by atoms with E-state index in [9.17, 15) is 9.59 Å². The molecule has 0 fully saturated rings. The number of aliphatic carboxylic acids is 1. The topological polar surface area (TPSA) is 79.3 Å². The molecule has 5 nitrogen and oxygen atoms in total. The lowest BCUT2D eigenvalue weighted by atomic mass is 10.0. The van der Waals surface area contributed by atoms with E-state index in [0.717, 1.165) is 5.01 Å². The molecule has 0 radical (unpaired) electrons. The van der Waals surface area contributed by atoms with Crippen molar-refractivity contribution >= 4 is 23.2 Å². The number of thiazole rings is 1. The smallest absolute Gasteiger partial charge is 0.305 e. The molecule has 1 aromatic rings. The van der Waals surface area contributed by atoms with Crippen molar-refractivity contribution in [2.75, 3.05) is 0 Å². The number of aryl methyl sites for hydroxylation is 1. The van der Waals surface area contributed by atoms with Crippen molar-refractivity contribution < 1.29 is 14.7 Å². The van der Waals surface area contributed by atoms with Crippen molar-refractivity contribution in [2.45, 2.75) is 33.2 Å². The highest BCUT2D eigenvalue weighted by atomic mass is 32.1. The first-order valence-corrected chi connectivity index (χ1v) is 6.17. The average Bonchev–Trinajstić information content (AvgIpc) is 2.63. The van der Waals surface area contributed by atoms with Crippen LogP contribution in [0.4, 0.5) is 0 Å². The van der Waals surface area contributed by atoms with Crippen LogP contribution in [0.5, 0.6) is 0 Å². The Morgan fingerprint density at radius 1 is 1.53 bits per heavy atom. The second kappa shape index (κ2) is 5.77. The highest BCUT2D eigenvalue weighted by Crippen LogP contribution is 2.13. The molecule has 1 unspecified atom stereocenters. The summed E-state index contributed by atoms with van der Waals surface area (Å²) in [6.45, 7) is 5.58. The molecule has 17 heavy (non-hydrogen) atoms. The number of carboxylic acids is 1. The molecular formula is C11H16N2O3S. The van der Waals surface area contributed by atoms with Crippen LogP contribution >= 0.6 is 11.3 Å². The Morgan fingerprint density at radius 3 is 2.59 bits per heavy atom. The lowest BCUT2D eigenvalue weighted by Gasteiger charge is -2.19. The van der Waals surface area contributed by atoms with Crippen molar-refractivity contribution in [3.63, 3.8) is 0 Å². The molecule has 6 heteroatoms. The maximum Gasteiger partial charge on any atom is 0.305 e. The average molecular weight is 256 g/mol. The molecule has 2 N–H and O–H groups in total. The van der Waals surface area contributed by atoms with Gasteiger partial charge in [-0.1, -0.05) is 13.8 Å². The Kier molecular flexibility index (Phi) is 4.62. The Balaban J connectivity index is 2.67. The number of carboxylic acid groups (broad SMARTS) is 1. The molecule has 1 amide bonds. The molecule has 0 aromatic carbocycles. The summed E-state index contributed by atoms with van der Waals surface area (Å²) in [5, 5.41) is 12.3. The van der Waals surface area contributed by atoms with Crippen molar-refractivity contribution in [3.05, 3.63) is 16.1 Å². The van der Waals surface area contributed by atoms with Crippen LogP contribution in [0.3, 0.4) is 0 Å². The summed E-state index contributed by atoms with van der Waals surface area (Å²) in [6.07, 6.45) is 1.44. The van der Waals surface area contributed by atoms with Crippen LogP contribution in [0.25, 0.3) is 0 Å². The fourth-order valence-electron chi connectivity index (χ4n) is 1.35. The summed E-state index contributed by atoms with van der Waals surface area (Å²) < 4.78 is 0. The number of nitrogens with one attached hydrogen (secondary N) is 1. The molecule has 0 aliphatic carbocycles. The van der Waals surface area contributed by atoms with Crippen LogP contribution in [-0.4, -0.2) is 28.0 Å². The van der Waals surface area contributed by atoms with E-state index in [1.54, 1.807) is 0 Å². The van der Waals surface area contributed by atoms with Gasteiger partial charge in [0.15, 0.2) is 0 Å². The summed E-state index contributed by atoms with van der Waals surface area (Å²) in [5.74, 6) is -1.09. The number of hydrogen-bond acceptors (Lipinski definition) is 4. The molecule has 0 bridgehead atoms. The molecule has 1 heterocycles. The van der Waals surface area contributed by atoms with Gasteiger partial charge >= 0.3 is 5.97 Å². The van der Waals surface area contributed by atoms with Crippen LogP contribution in [0.2, 0.25) is 0 Å². The summed E-state index contributed by atoms with van der Waals surface area (Å²) in [6, 6.07) is -0.359. The summed E-state index contributed by atoms with van der Waals surface area (Å²) >= 11 is 1.30. The first-order valence-electron chi connectivity index (χ1n) is 5.35. The molecule has 1 rings (SSSR count). The van der Waals surface area contributed by atoms with Crippen molar-refractivity contribution in [3.8, 4) is 0 Å². The largest absolute Gasteiger partial charge is 0.481 e. The quantitative estimate of drug-likeness (QED) is 0.840. The zero-order valence-corrected chi connectivity index (χ0v) is 10.9. The highest BCUT2D eigenvalue weighted by Gasteiger charge is 2.20. The SMILES string of the molecule is Cc1ncc(C(=O)NC(CC(=O)O)C(C)C)s1. The van der Waals surface area contributed by atoms with Gasteiger partial charge in [0.05, 0.1) is 17.6 Å². The van der Waals surface area contributed by atoms with Crippen molar-refractivity contribution in [1.82, 2.24) is 10.3 Å². The molecule has 1 aromatic heterocycles. The van der Waals surface area contributed by atoms with Gasteiger partial charge < -0.3 is 10.4 Å². The zero-order chi connectivity index (χ0) is 13.0. The Hall–Kier alpha value is -1.43. The standard InChI is InChI=1S/C11H16N2O3S/c1-6(2)8(4-10(14)15)13-11(16)9-5-12-7(3)17-9/h5-6,8H,4H2,1-3H3,(H,13,16)(H,14,15). The van der Waals surface area contributed by atoms with E-state index in [4.69, 9.17) is 5.11 Å². The van der Waals surface area contributed by atoms with E-state index in [2.05, 4.69) is 10.3 Å². The summed E-state index contributed by atoms with van der Waals surface area (Å²) in [7, 11) is 0. The Bertz CT molecular complexity index is 415. The first kappa shape index (κ1) is 13.6. The zero-order valence-electron chi connectivity index (χ0n) is 10.1. The summed E-state index contributed by atoms with van der Waals surface area (Å²) in [4.78, 5) is 27.0. The number of rotatable bonds is 5. The molecule has 0 aliphatic heterocycles. The minimum atomic E-state index is -0.913. The molecular weight excluding hydrogens is 240 g/mol. The van der Waals surface area contributed by atoms with Crippen LogP contribution < -0.4 is 5.32 Å². The van der Waals surface area contributed by atoms with E-state index in [0.29, 0.717) is 4.88 Å². The third-order valence-corrected chi connectivity index (χ3v) is 3.27. The van der Waals surface area contributed by atoms with Gasteiger partial charge in [-0.25, -0.2) is 4.98 Å². The number of carbonyl (C=O) groups is 2. The maximum atomic E-state index is 11.8. The molecule has 0 spiro atoms. The van der Waals surface area contributed by atoms with E-state index < -0.39 is 5.97 Å². The fraction of sp³-hybridized carbons (Fsp3) is 0.545. The predicted octanol–water partition coefficient (Wildman–Crippen LogP) is 1.68. The van der Waals surface area contributed by atoms with Gasteiger partial charge in [0.2, 0.25) is 0 Å². The van der Waals surface area contributed by atoms with Gasteiger partial charge in [0, 0.05) is 6.04 Å². The Labute approximate surface area is 104 Å². The fourth-order valence-corrected chi connectivity index (χ4v) is 2.03. The van der Waals surface area contributed by atoms with Crippen LogP contribution in [0.15, 0.2) is 6.20 Å². The van der Waals surface area contributed by atoms with Gasteiger partial charge in [-0.3, -0.25) is 9.59 Å². The van der Waals surface area contributed by atoms with E-state index in [-0.39, 0.29) is 24.3 Å². The number of amides is 1. The molecule has 1 atom stereocenters. The molecule has 94 valence electrons. The lowest BCUT2D eigenvalue weighted by molar-refractivity contribution is -0.137. The number of carbonyl (C=O) groups excluding carboxylic acids is 1. The number of aromatic nitrogens is 1. The lowest BCUT2D eigenvalue weighted by Crippen LogP contribution is -2.39. The van der Waals surface area contributed by atoms with Gasteiger partial charge in [-0.05, 0) is 12.8 Å². The minimum Gasteiger partial charge on any atom is -0.481 e. The van der Waals surface area contributed by atoms with Gasteiger partial charge in [0.1, 0.15) is 4.88 Å².